The third kappa shape index (κ3) is 5.70. The average molecular weight is 424 g/mol. The minimum atomic E-state index is -3.94. The number of hydrogen-bond donors (Lipinski definition) is 1. The molecule has 0 fully saturated rings. The SMILES string of the molecule is Cc1ccc(S(=O)(=O)N(CC(=O)NCCN(C)C)c2cc(Cl)ccc2C)cc1. The summed E-state index contributed by atoms with van der Waals surface area (Å²) in [6.45, 7) is 4.43. The normalized spacial score (nSPS) is 11.5. The Morgan fingerprint density at radius 3 is 2.32 bits per heavy atom. The second kappa shape index (κ2) is 9.41. The summed E-state index contributed by atoms with van der Waals surface area (Å²) in [5, 5.41) is 3.16. The van der Waals surface area contributed by atoms with Gasteiger partial charge in [-0.1, -0.05) is 35.4 Å². The molecule has 0 unspecified atom stereocenters. The smallest absolute Gasteiger partial charge is 0.264 e. The fourth-order valence-corrected chi connectivity index (χ4v) is 4.24. The summed E-state index contributed by atoms with van der Waals surface area (Å²) in [6, 6.07) is 11.5. The molecule has 0 aliphatic heterocycles. The highest BCUT2D eigenvalue weighted by molar-refractivity contribution is 7.92. The van der Waals surface area contributed by atoms with Crippen LogP contribution >= 0.6 is 11.6 Å². The number of halogens is 1. The molecule has 6 nitrogen and oxygen atoms in total. The van der Waals surface area contributed by atoms with Gasteiger partial charge in [0.2, 0.25) is 5.91 Å². The zero-order chi connectivity index (χ0) is 20.9. The predicted octanol–water partition coefficient (Wildman–Crippen LogP) is 2.83. The average Bonchev–Trinajstić information content (AvgIpc) is 2.62. The number of carbonyl (C=O) groups is 1. The van der Waals surface area contributed by atoms with Crippen LogP contribution in [-0.4, -0.2) is 53.0 Å². The number of carbonyl (C=O) groups excluding carboxylic acids is 1. The van der Waals surface area contributed by atoms with E-state index in [2.05, 4.69) is 5.32 Å². The van der Waals surface area contributed by atoms with Crippen LogP contribution < -0.4 is 9.62 Å². The van der Waals surface area contributed by atoms with Crippen LogP contribution in [0.4, 0.5) is 5.69 Å². The van der Waals surface area contributed by atoms with E-state index in [1.807, 2.05) is 25.9 Å². The zero-order valence-corrected chi connectivity index (χ0v) is 18.1. The molecule has 0 bridgehead atoms. The van der Waals surface area contributed by atoms with Crippen LogP contribution in [-0.2, 0) is 14.8 Å². The summed E-state index contributed by atoms with van der Waals surface area (Å²) in [5.74, 6) is -0.378. The highest BCUT2D eigenvalue weighted by atomic mass is 35.5. The van der Waals surface area contributed by atoms with Gasteiger partial charge in [0.1, 0.15) is 6.54 Å². The molecule has 0 aliphatic rings. The van der Waals surface area contributed by atoms with E-state index in [1.54, 1.807) is 49.4 Å². The van der Waals surface area contributed by atoms with Crippen LogP contribution in [0.25, 0.3) is 0 Å². The van der Waals surface area contributed by atoms with E-state index in [1.165, 1.54) is 0 Å². The zero-order valence-electron chi connectivity index (χ0n) is 16.6. The van der Waals surface area contributed by atoms with E-state index in [0.29, 0.717) is 29.4 Å². The molecule has 2 rings (SSSR count). The maximum atomic E-state index is 13.3. The van der Waals surface area contributed by atoms with Gasteiger partial charge in [-0.25, -0.2) is 8.42 Å². The van der Waals surface area contributed by atoms with Gasteiger partial charge in [-0.15, -0.1) is 0 Å². The van der Waals surface area contributed by atoms with Crippen LogP contribution in [0, 0.1) is 13.8 Å². The van der Waals surface area contributed by atoms with Crippen molar-refractivity contribution in [2.45, 2.75) is 18.7 Å². The summed E-state index contributed by atoms with van der Waals surface area (Å²) in [4.78, 5) is 14.5. The van der Waals surface area contributed by atoms with Crippen molar-refractivity contribution in [1.29, 1.82) is 0 Å². The first-order valence-corrected chi connectivity index (χ1v) is 10.7. The molecule has 0 saturated heterocycles. The minimum Gasteiger partial charge on any atom is -0.353 e. The van der Waals surface area contributed by atoms with Gasteiger partial charge in [-0.2, -0.15) is 0 Å². The van der Waals surface area contributed by atoms with Gasteiger partial charge < -0.3 is 10.2 Å². The number of benzene rings is 2. The first-order chi connectivity index (χ1) is 13.1. The first-order valence-electron chi connectivity index (χ1n) is 8.88. The second-order valence-corrected chi connectivity index (χ2v) is 9.21. The van der Waals surface area contributed by atoms with Crippen molar-refractivity contribution in [3.8, 4) is 0 Å². The molecular weight excluding hydrogens is 398 g/mol. The lowest BCUT2D eigenvalue weighted by molar-refractivity contribution is -0.119. The van der Waals surface area contributed by atoms with Gasteiger partial charge >= 0.3 is 0 Å². The minimum absolute atomic E-state index is 0.124. The van der Waals surface area contributed by atoms with Crippen LogP contribution in [0.5, 0.6) is 0 Å². The molecule has 0 atom stereocenters. The van der Waals surface area contributed by atoms with Crippen LogP contribution in [0.2, 0.25) is 5.02 Å². The maximum absolute atomic E-state index is 13.3. The monoisotopic (exact) mass is 423 g/mol. The van der Waals surface area contributed by atoms with Gasteiger partial charge in [-0.3, -0.25) is 9.10 Å². The number of aryl methyl sites for hydroxylation is 2. The lowest BCUT2D eigenvalue weighted by Crippen LogP contribution is -2.42. The Morgan fingerprint density at radius 2 is 1.71 bits per heavy atom. The summed E-state index contributed by atoms with van der Waals surface area (Å²) >= 11 is 6.11. The van der Waals surface area contributed by atoms with Crippen LogP contribution in [0.1, 0.15) is 11.1 Å². The maximum Gasteiger partial charge on any atom is 0.264 e. The topological polar surface area (TPSA) is 69.7 Å². The highest BCUT2D eigenvalue weighted by Crippen LogP contribution is 2.29. The third-order valence-corrected chi connectivity index (χ3v) is 6.23. The number of rotatable bonds is 8. The van der Waals surface area contributed by atoms with Gasteiger partial charge in [0.05, 0.1) is 10.6 Å². The molecule has 152 valence electrons. The first kappa shape index (κ1) is 22.2. The van der Waals surface area contributed by atoms with Crippen molar-refractivity contribution in [2.24, 2.45) is 0 Å². The van der Waals surface area contributed by atoms with Crippen LogP contribution in [0.15, 0.2) is 47.4 Å². The van der Waals surface area contributed by atoms with E-state index in [0.717, 1.165) is 9.87 Å². The van der Waals surface area contributed by atoms with Crippen molar-refractivity contribution < 1.29 is 13.2 Å². The number of nitrogens with one attached hydrogen (secondary N) is 1. The lowest BCUT2D eigenvalue weighted by atomic mass is 10.2. The fraction of sp³-hybridized carbons (Fsp3) is 0.350. The molecule has 1 amide bonds. The molecule has 0 saturated carbocycles. The quantitative estimate of drug-likeness (QED) is 0.708. The Hall–Kier alpha value is -2.09. The van der Waals surface area contributed by atoms with E-state index in [9.17, 15) is 13.2 Å². The lowest BCUT2D eigenvalue weighted by Gasteiger charge is -2.26. The Labute approximate surface area is 172 Å². The van der Waals surface area contributed by atoms with Gasteiger partial charge in [0.15, 0.2) is 0 Å². The molecule has 1 N–H and O–H groups in total. The fourth-order valence-electron chi connectivity index (χ4n) is 2.59. The number of hydrogen-bond acceptors (Lipinski definition) is 4. The predicted molar refractivity (Wildman–Crippen MR) is 113 cm³/mol. The molecular formula is C20H26ClN3O3S. The number of nitrogens with zero attached hydrogens (tertiary/aromatic N) is 2. The van der Waals surface area contributed by atoms with Crippen molar-refractivity contribution >= 4 is 33.2 Å². The molecule has 2 aromatic carbocycles. The van der Waals surface area contributed by atoms with E-state index < -0.39 is 10.0 Å². The molecule has 0 aliphatic carbocycles. The van der Waals surface area contributed by atoms with Gasteiger partial charge in [0.25, 0.3) is 10.0 Å². The summed E-state index contributed by atoms with van der Waals surface area (Å²) in [5.41, 5.74) is 2.04. The molecule has 0 spiro atoms. The van der Waals surface area contributed by atoms with Crippen molar-refractivity contribution in [3.05, 3.63) is 58.6 Å². The Kier molecular flexibility index (Phi) is 7.46. The van der Waals surface area contributed by atoms with E-state index >= 15 is 0 Å². The molecule has 0 radical (unpaired) electrons. The van der Waals surface area contributed by atoms with Gasteiger partial charge in [-0.05, 0) is 57.8 Å². The van der Waals surface area contributed by atoms with Crippen molar-refractivity contribution in [3.63, 3.8) is 0 Å². The summed E-state index contributed by atoms with van der Waals surface area (Å²) < 4.78 is 27.8. The van der Waals surface area contributed by atoms with Crippen LogP contribution in [0.3, 0.4) is 0 Å². The Morgan fingerprint density at radius 1 is 1.07 bits per heavy atom. The summed E-state index contributed by atoms with van der Waals surface area (Å²) in [6.07, 6.45) is 0. The molecule has 2 aromatic rings. The highest BCUT2D eigenvalue weighted by Gasteiger charge is 2.28. The molecule has 0 aromatic heterocycles. The number of sulfonamides is 1. The third-order valence-electron chi connectivity index (χ3n) is 4.22. The van der Waals surface area contributed by atoms with Crippen molar-refractivity contribution in [1.82, 2.24) is 10.2 Å². The Balaban J connectivity index is 2.40. The van der Waals surface area contributed by atoms with E-state index in [4.69, 9.17) is 11.6 Å². The molecule has 8 heteroatoms. The molecule has 0 heterocycles. The molecule has 28 heavy (non-hydrogen) atoms. The van der Waals surface area contributed by atoms with E-state index in [-0.39, 0.29) is 17.3 Å². The van der Waals surface area contributed by atoms with Gasteiger partial charge in [0, 0.05) is 18.1 Å². The second-order valence-electron chi connectivity index (χ2n) is 6.91. The van der Waals surface area contributed by atoms with Crippen molar-refractivity contribution in [2.75, 3.05) is 38.0 Å². The largest absolute Gasteiger partial charge is 0.353 e. The number of likely N-dealkylation sites (N-methyl/N-ethyl adjacent to an activating group) is 1. The summed E-state index contributed by atoms with van der Waals surface area (Å²) in [7, 11) is -0.146. The number of amides is 1. The number of anilines is 1. The standard InChI is InChI=1S/C20H26ClN3O3S/c1-15-5-9-18(10-6-15)28(26,27)24(14-20(25)22-11-12-23(3)4)19-13-17(21)8-7-16(19)2/h5-10,13H,11-12,14H2,1-4H3,(H,22,25). The Bertz CT molecular complexity index is 928.